The van der Waals surface area contributed by atoms with E-state index in [-0.39, 0.29) is 24.1 Å². The maximum absolute atomic E-state index is 15.6. The van der Waals surface area contributed by atoms with Gasteiger partial charge in [-0.1, -0.05) is 50.6 Å². The first-order chi connectivity index (χ1) is 20.7. The van der Waals surface area contributed by atoms with Crippen LogP contribution in [0.25, 0.3) is 16.9 Å². The molecule has 224 valence electrons. The van der Waals surface area contributed by atoms with Crippen molar-refractivity contribution in [2.24, 2.45) is 0 Å². The lowest BCUT2D eigenvalue weighted by atomic mass is 9.92. The van der Waals surface area contributed by atoms with E-state index in [1.54, 1.807) is 53.3 Å². The van der Waals surface area contributed by atoms with Crippen LogP contribution in [0.4, 0.5) is 4.39 Å². The Hall–Kier alpha value is -4.36. The van der Waals surface area contributed by atoms with Gasteiger partial charge in [0.25, 0.3) is 5.56 Å². The fourth-order valence-corrected chi connectivity index (χ4v) is 6.11. The standard InChI is InChI=1S/C33H36FN5O4/c1-4-8-29-27(17-22-12-11-21(18-28(22)34)26-10-7-6-9-23(26)19-35)31(40)38(33-36-20(3)37-39(29)33)24-13-15-25(16-14-24)43-30(5-2)32(41)42/h6-7,9-12,18,24-25,30H,4-5,8,13-17H2,1-3H3,(H,41,42). The summed E-state index contributed by atoms with van der Waals surface area (Å²) < 4.78 is 24.9. The number of hydrogen-bond acceptors (Lipinski definition) is 6. The van der Waals surface area contributed by atoms with Gasteiger partial charge in [0.1, 0.15) is 11.6 Å². The molecule has 5 rings (SSSR count). The summed E-state index contributed by atoms with van der Waals surface area (Å²) in [5.41, 5.74) is 3.09. The Labute approximate surface area is 249 Å². The van der Waals surface area contributed by atoms with Gasteiger partial charge in [-0.05, 0) is 74.3 Å². The lowest BCUT2D eigenvalue weighted by Crippen LogP contribution is -2.36. The van der Waals surface area contributed by atoms with Crippen LogP contribution in [0.3, 0.4) is 0 Å². The van der Waals surface area contributed by atoms with E-state index in [2.05, 4.69) is 16.2 Å². The molecule has 4 aromatic rings. The van der Waals surface area contributed by atoms with Gasteiger partial charge in [-0.3, -0.25) is 9.36 Å². The van der Waals surface area contributed by atoms with Gasteiger partial charge in [0.05, 0.1) is 23.4 Å². The average Bonchev–Trinajstić information content (AvgIpc) is 3.39. The lowest BCUT2D eigenvalue weighted by molar-refractivity contribution is -0.156. The number of benzene rings is 2. The van der Waals surface area contributed by atoms with Crippen LogP contribution in [0.15, 0.2) is 47.3 Å². The minimum Gasteiger partial charge on any atom is -0.479 e. The zero-order valence-corrected chi connectivity index (χ0v) is 24.7. The number of carbonyl (C=O) groups is 1. The average molecular weight is 586 g/mol. The first kappa shape index (κ1) is 30.1. The Morgan fingerprint density at radius 1 is 1.19 bits per heavy atom. The number of carboxylic acids is 1. The normalized spacial score (nSPS) is 17.6. The minimum atomic E-state index is -0.966. The van der Waals surface area contributed by atoms with Crippen molar-refractivity contribution in [1.82, 2.24) is 19.2 Å². The Balaban J connectivity index is 1.52. The minimum absolute atomic E-state index is 0.0876. The van der Waals surface area contributed by atoms with Crippen LogP contribution in [-0.4, -0.2) is 42.4 Å². The van der Waals surface area contributed by atoms with E-state index in [4.69, 9.17) is 4.74 Å². The number of nitrogens with zero attached hydrogens (tertiary/aromatic N) is 5. The van der Waals surface area contributed by atoms with E-state index in [9.17, 15) is 20.0 Å². The van der Waals surface area contributed by atoms with E-state index in [0.29, 0.717) is 77.9 Å². The summed E-state index contributed by atoms with van der Waals surface area (Å²) in [6, 6.07) is 13.9. The van der Waals surface area contributed by atoms with Crippen LogP contribution >= 0.6 is 0 Å². The Morgan fingerprint density at radius 2 is 1.93 bits per heavy atom. The fraction of sp³-hybridized carbons (Fsp3) is 0.424. The Kier molecular flexibility index (Phi) is 9.02. The third-order valence-electron chi connectivity index (χ3n) is 8.27. The highest BCUT2D eigenvalue weighted by atomic mass is 19.1. The molecule has 0 aliphatic heterocycles. The van der Waals surface area contributed by atoms with Crippen molar-refractivity contribution < 1.29 is 19.0 Å². The van der Waals surface area contributed by atoms with Gasteiger partial charge in [-0.25, -0.2) is 13.7 Å². The number of hydrogen-bond donors (Lipinski definition) is 1. The molecule has 9 nitrogen and oxygen atoms in total. The lowest BCUT2D eigenvalue weighted by Gasteiger charge is -2.31. The molecule has 10 heteroatoms. The first-order valence-electron chi connectivity index (χ1n) is 14.9. The van der Waals surface area contributed by atoms with E-state index in [1.807, 2.05) is 13.0 Å². The SMILES string of the molecule is CCCc1c(Cc2ccc(-c3ccccc3C#N)cc2F)c(=O)n(C2CCC(OC(CC)C(=O)O)CC2)c2nc(C)nn12. The highest BCUT2D eigenvalue weighted by molar-refractivity contribution is 5.72. The zero-order chi connectivity index (χ0) is 30.7. The molecule has 2 aromatic carbocycles. The maximum atomic E-state index is 15.6. The molecule has 0 saturated heterocycles. The first-order valence-corrected chi connectivity index (χ1v) is 14.9. The number of fused-ring (bicyclic) bond motifs is 1. The highest BCUT2D eigenvalue weighted by Crippen LogP contribution is 2.32. The Bertz CT molecular complexity index is 1750. The van der Waals surface area contributed by atoms with Crippen LogP contribution in [0.5, 0.6) is 0 Å². The molecule has 0 amide bonds. The van der Waals surface area contributed by atoms with Gasteiger partial charge < -0.3 is 9.84 Å². The molecular formula is C33H36FN5O4. The molecule has 0 radical (unpaired) electrons. The molecule has 1 unspecified atom stereocenters. The second-order valence-electron chi connectivity index (χ2n) is 11.2. The van der Waals surface area contributed by atoms with E-state index >= 15 is 4.39 Å². The topological polar surface area (TPSA) is 123 Å². The highest BCUT2D eigenvalue weighted by Gasteiger charge is 2.31. The molecular weight excluding hydrogens is 549 g/mol. The monoisotopic (exact) mass is 585 g/mol. The number of halogens is 1. The molecule has 0 spiro atoms. The summed E-state index contributed by atoms with van der Waals surface area (Å²) >= 11 is 0. The zero-order valence-electron chi connectivity index (χ0n) is 24.7. The van der Waals surface area contributed by atoms with E-state index in [1.165, 1.54) is 6.07 Å². The number of rotatable bonds is 10. The second kappa shape index (κ2) is 12.9. The number of aromatic nitrogens is 4. The summed E-state index contributed by atoms with van der Waals surface area (Å²) in [5, 5.41) is 23.5. The predicted molar refractivity (Wildman–Crippen MR) is 159 cm³/mol. The van der Waals surface area contributed by atoms with E-state index in [0.717, 1.165) is 12.1 Å². The second-order valence-corrected chi connectivity index (χ2v) is 11.2. The van der Waals surface area contributed by atoms with Gasteiger partial charge in [0.15, 0.2) is 6.10 Å². The predicted octanol–water partition coefficient (Wildman–Crippen LogP) is 5.78. The third-order valence-corrected chi connectivity index (χ3v) is 8.27. The smallest absolute Gasteiger partial charge is 0.332 e. The van der Waals surface area contributed by atoms with Crippen molar-refractivity contribution in [1.29, 1.82) is 5.26 Å². The summed E-state index contributed by atoms with van der Waals surface area (Å²) in [7, 11) is 0. The van der Waals surface area contributed by atoms with Crippen molar-refractivity contribution in [3.63, 3.8) is 0 Å². The van der Waals surface area contributed by atoms with Crippen molar-refractivity contribution in [3.8, 4) is 17.2 Å². The van der Waals surface area contributed by atoms with Crippen LogP contribution in [0.2, 0.25) is 0 Å². The molecule has 43 heavy (non-hydrogen) atoms. The van der Waals surface area contributed by atoms with Crippen LogP contribution in [0, 0.1) is 24.1 Å². The number of aliphatic carboxylic acids is 1. The van der Waals surface area contributed by atoms with Crippen LogP contribution < -0.4 is 5.56 Å². The third kappa shape index (κ3) is 6.09. The molecule has 1 atom stereocenters. The molecule has 1 fully saturated rings. The largest absolute Gasteiger partial charge is 0.479 e. The molecule has 1 saturated carbocycles. The van der Waals surface area contributed by atoms with Gasteiger partial charge in [-0.15, -0.1) is 0 Å². The van der Waals surface area contributed by atoms with Crippen molar-refractivity contribution >= 4 is 11.7 Å². The van der Waals surface area contributed by atoms with Gasteiger partial charge in [0.2, 0.25) is 5.78 Å². The molecule has 2 aromatic heterocycles. The summed E-state index contributed by atoms with van der Waals surface area (Å²) in [6.07, 6.45) is 3.26. The molecule has 0 bridgehead atoms. The Morgan fingerprint density at radius 3 is 2.58 bits per heavy atom. The summed E-state index contributed by atoms with van der Waals surface area (Å²) in [6.45, 7) is 5.60. The summed E-state index contributed by atoms with van der Waals surface area (Å²) in [5.74, 6) is -0.402. The van der Waals surface area contributed by atoms with Crippen molar-refractivity contribution in [2.45, 2.75) is 90.4 Å². The molecule has 2 heterocycles. The van der Waals surface area contributed by atoms with Gasteiger partial charge >= 0.3 is 5.97 Å². The number of carboxylic acid groups (broad SMARTS) is 1. The van der Waals surface area contributed by atoms with Crippen molar-refractivity contribution in [2.75, 3.05) is 0 Å². The summed E-state index contributed by atoms with van der Waals surface area (Å²) in [4.78, 5) is 30.4. The van der Waals surface area contributed by atoms with Gasteiger partial charge in [0, 0.05) is 18.0 Å². The van der Waals surface area contributed by atoms with Gasteiger partial charge in [-0.2, -0.15) is 15.3 Å². The molecule has 1 N–H and O–H groups in total. The number of ether oxygens (including phenoxy) is 1. The van der Waals surface area contributed by atoms with Crippen LogP contribution in [0.1, 0.15) is 86.6 Å². The molecule has 1 aliphatic rings. The number of aryl methyl sites for hydroxylation is 2. The fourth-order valence-electron chi connectivity index (χ4n) is 6.11. The van der Waals surface area contributed by atoms with E-state index < -0.39 is 17.9 Å². The quantitative estimate of drug-likeness (QED) is 0.250. The van der Waals surface area contributed by atoms with Crippen LogP contribution in [-0.2, 0) is 22.4 Å². The van der Waals surface area contributed by atoms with Crippen molar-refractivity contribution in [3.05, 3.63) is 86.8 Å². The number of nitriles is 1. The molecule has 1 aliphatic carbocycles. The maximum Gasteiger partial charge on any atom is 0.332 e.